The summed E-state index contributed by atoms with van der Waals surface area (Å²) in [6, 6.07) is 4.44. The fourth-order valence-electron chi connectivity index (χ4n) is 3.09. The number of nitrogens with one attached hydrogen (secondary N) is 1. The Labute approximate surface area is 97.4 Å². The highest BCUT2D eigenvalue weighted by atomic mass is 16.3. The summed E-state index contributed by atoms with van der Waals surface area (Å²) in [7, 11) is 0. The molecule has 1 saturated carbocycles. The van der Waals surface area contributed by atoms with Crippen molar-refractivity contribution in [3.8, 4) is 0 Å². The zero-order valence-electron chi connectivity index (χ0n) is 9.87. The lowest BCUT2D eigenvalue weighted by Gasteiger charge is -2.19. The highest BCUT2D eigenvalue weighted by Gasteiger charge is 2.23. The van der Waals surface area contributed by atoms with Crippen LogP contribution in [0.4, 0.5) is 0 Å². The monoisotopic (exact) mass is 219 g/mol. The van der Waals surface area contributed by atoms with E-state index >= 15 is 0 Å². The van der Waals surface area contributed by atoms with Gasteiger partial charge in [0.2, 0.25) is 0 Å². The lowest BCUT2D eigenvalue weighted by molar-refractivity contribution is 0.354. The molecule has 2 heterocycles. The molecule has 0 bridgehead atoms. The molecular formula is C14H21NO. The van der Waals surface area contributed by atoms with Crippen molar-refractivity contribution in [2.24, 2.45) is 0 Å². The van der Waals surface area contributed by atoms with Gasteiger partial charge in [-0.25, -0.2) is 0 Å². The van der Waals surface area contributed by atoms with Crippen molar-refractivity contribution in [2.75, 3.05) is 13.1 Å². The first kappa shape index (κ1) is 10.4. The highest BCUT2D eigenvalue weighted by Crippen LogP contribution is 2.35. The van der Waals surface area contributed by atoms with Crippen LogP contribution in [0, 0.1) is 0 Å². The van der Waals surface area contributed by atoms with Gasteiger partial charge in [-0.05, 0) is 37.9 Å². The molecule has 16 heavy (non-hydrogen) atoms. The van der Waals surface area contributed by atoms with E-state index in [9.17, 15) is 0 Å². The van der Waals surface area contributed by atoms with E-state index in [4.69, 9.17) is 4.42 Å². The summed E-state index contributed by atoms with van der Waals surface area (Å²) in [5.74, 6) is 3.79. The maximum absolute atomic E-state index is 6.07. The number of hydrogen-bond donors (Lipinski definition) is 1. The molecule has 1 N–H and O–H groups in total. The van der Waals surface area contributed by atoms with Gasteiger partial charge in [-0.3, -0.25) is 0 Å². The summed E-state index contributed by atoms with van der Waals surface area (Å²) in [4.78, 5) is 0. The van der Waals surface area contributed by atoms with E-state index in [1.165, 1.54) is 50.0 Å². The van der Waals surface area contributed by atoms with Crippen LogP contribution in [-0.2, 0) is 0 Å². The molecule has 1 aliphatic heterocycles. The summed E-state index contributed by atoms with van der Waals surface area (Å²) < 4.78 is 6.07. The molecule has 1 aromatic heterocycles. The first-order valence-corrected chi connectivity index (χ1v) is 6.74. The molecule has 1 aliphatic carbocycles. The molecule has 88 valence electrons. The first-order chi connectivity index (χ1) is 7.93. The van der Waals surface area contributed by atoms with Crippen LogP contribution in [0.25, 0.3) is 0 Å². The summed E-state index contributed by atoms with van der Waals surface area (Å²) >= 11 is 0. The molecule has 1 unspecified atom stereocenters. The van der Waals surface area contributed by atoms with Gasteiger partial charge in [-0.2, -0.15) is 0 Å². The van der Waals surface area contributed by atoms with Crippen LogP contribution in [-0.4, -0.2) is 13.1 Å². The summed E-state index contributed by atoms with van der Waals surface area (Å²) in [6.45, 7) is 2.24. The van der Waals surface area contributed by atoms with Crippen LogP contribution in [0.15, 0.2) is 16.5 Å². The van der Waals surface area contributed by atoms with E-state index in [0.717, 1.165) is 13.1 Å². The zero-order valence-corrected chi connectivity index (χ0v) is 9.87. The topological polar surface area (TPSA) is 25.2 Å². The molecule has 2 aliphatic rings. The van der Waals surface area contributed by atoms with Crippen molar-refractivity contribution in [3.05, 3.63) is 23.7 Å². The van der Waals surface area contributed by atoms with Gasteiger partial charge in [0.1, 0.15) is 11.5 Å². The lowest BCUT2D eigenvalue weighted by Crippen LogP contribution is -2.07. The summed E-state index contributed by atoms with van der Waals surface area (Å²) in [5, 5.41) is 3.40. The molecular weight excluding hydrogens is 198 g/mol. The average Bonchev–Trinajstić information content (AvgIpc) is 3.01. The molecule has 1 atom stereocenters. The molecule has 1 aromatic rings. The minimum atomic E-state index is 0.623. The second-order valence-corrected chi connectivity index (χ2v) is 5.26. The predicted octanol–water partition coefficient (Wildman–Crippen LogP) is 3.40. The van der Waals surface area contributed by atoms with E-state index in [1.54, 1.807) is 0 Å². The van der Waals surface area contributed by atoms with Crippen molar-refractivity contribution < 1.29 is 4.42 Å². The third-order valence-electron chi connectivity index (χ3n) is 4.12. The number of furan rings is 1. The Morgan fingerprint density at radius 2 is 1.69 bits per heavy atom. The predicted molar refractivity (Wildman–Crippen MR) is 64.8 cm³/mol. The van der Waals surface area contributed by atoms with Crippen LogP contribution in [0.5, 0.6) is 0 Å². The van der Waals surface area contributed by atoms with Gasteiger partial charge in [0.25, 0.3) is 0 Å². The molecule has 0 amide bonds. The van der Waals surface area contributed by atoms with Crippen molar-refractivity contribution in [2.45, 2.75) is 50.4 Å². The largest absolute Gasteiger partial charge is 0.465 e. The van der Waals surface area contributed by atoms with Crippen molar-refractivity contribution in [1.82, 2.24) is 5.32 Å². The van der Waals surface area contributed by atoms with Gasteiger partial charge in [-0.1, -0.05) is 19.3 Å². The molecule has 2 fully saturated rings. The molecule has 2 heteroatoms. The summed E-state index contributed by atoms with van der Waals surface area (Å²) in [5.41, 5.74) is 0. The lowest BCUT2D eigenvalue weighted by atomic mass is 9.88. The third-order valence-corrected chi connectivity index (χ3v) is 4.12. The zero-order chi connectivity index (χ0) is 10.8. The Balaban J connectivity index is 1.71. The van der Waals surface area contributed by atoms with Gasteiger partial charge in [-0.15, -0.1) is 0 Å². The average molecular weight is 219 g/mol. The maximum Gasteiger partial charge on any atom is 0.108 e. The molecule has 2 nitrogen and oxygen atoms in total. The Bertz CT molecular complexity index is 332. The SMILES string of the molecule is c1cc(C2CCNC2)oc1C1CCCCC1. The van der Waals surface area contributed by atoms with Crippen LogP contribution in [0.2, 0.25) is 0 Å². The maximum atomic E-state index is 6.07. The smallest absolute Gasteiger partial charge is 0.108 e. The van der Waals surface area contributed by atoms with Crippen LogP contribution in [0.1, 0.15) is 61.9 Å². The van der Waals surface area contributed by atoms with E-state index in [0.29, 0.717) is 11.8 Å². The molecule has 0 spiro atoms. The van der Waals surface area contributed by atoms with E-state index in [1.807, 2.05) is 0 Å². The van der Waals surface area contributed by atoms with Crippen LogP contribution in [0.3, 0.4) is 0 Å². The fraction of sp³-hybridized carbons (Fsp3) is 0.714. The Hall–Kier alpha value is -0.760. The molecule has 1 saturated heterocycles. The first-order valence-electron chi connectivity index (χ1n) is 6.74. The standard InChI is InChI=1S/C14H21NO/c1-2-4-11(5-3-1)13-6-7-14(16-13)12-8-9-15-10-12/h6-7,11-12,15H,1-5,8-10H2. The van der Waals surface area contributed by atoms with Gasteiger partial charge >= 0.3 is 0 Å². The van der Waals surface area contributed by atoms with E-state index in [2.05, 4.69) is 17.4 Å². The van der Waals surface area contributed by atoms with E-state index < -0.39 is 0 Å². The number of hydrogen-bond acceptors (Lipinski definition) is 2. The van der Waals surface area contributed by atoms with Crippen LogP contribution < -0.4 is 5.32 Å². The summed E-state index contributed by atoms with van der Waals surface area (Å²) in [6.07, 6.45) is 8.07. The van der Waals surface area contributed by atoms with Crippen molar-refractivity contribution in [3.63, 3.8) is 0 Å². The third kappa shape index (κ3) is 2.03. The van der Waals surface area contributed by atoms with Crippen molar-refractivity contribution >= 4 is 0 Å². The van der Waals surface area contributed by atoms with Gasteiger partial charge in [0.15, 0.2) is 0 Å². The minimum absolute atomic E-state index is 0.623. The van der Waals surface area contributed by atoms with Crippen molar-refractivity contribution in [1.29, 1.82) is 0 Å². The molecule has 0 aromatic carbocycles. The van der Waals surface area contributed by atoms with Gasteiger partial charge < -0.3 is 9.73 Å². The Morgan fingerprint density at radius 3 is 2.38 bits per heavy atom. The van der Waals surface area contributed by atoms with E-state index in [-0.39, 0.29) is 0 Å². The quantitative estimate of drug-likeness (QED) is 0.824. The normalized spacial score (nSPS) is 27.4. The van der Waals surface area contributed by atoms with Crippen LogP contribution >= 0.6 is 0 Å². The number of rotatable bonds is 2. The Kier molecular flexibility index (Phi) is 3.00. The molecule has 3 rings (SSSR count). The Morgan fingerprint density at radius 1 is 0.938 bits per heavy atom. The van der Waals surface area contributed by atoms with Gasteiger partial charge in [0, 0.05) is 18.4 Å². The second kappa shape index (κ2) is 4.62. The molecule has 0 radical (unpaired) electrons. The van der Waals surface area contributed by atoms with Gasteiger partial charge in [0.05, 0.1) is 0 Å². The fourth-order valence-corrected chi connectivity index (χ4v) is 3.09. The second-order valence-electron chi connectivity index (χ2n) is 5.26. The minimum Gasteiger partial charge on any atom is -0.465 e. The highest BCUT2D eigenvalue weighted by molar-refractivity contribution is 5.16.